The molecule has 5 nitrogen and oxygen atoms in total. The van der Waals surface area contributed by atoms with Gasteiger partial charge in [0.25, 0.3) is 0 Å². The summed E-state index contributed by atoms with van der Waals surface area (Å²) in [5, 5.41) is 0. The molecule has 0 fully saturated rings. The third-order valence-electron chi connectivity index (χ3n) is 2.88. The normalized spacial score (nSPS) is 11.2. The van der Waals surface area contributed by atoms with Crippen LogP contribution in [0.25, 0.3) is 5.57 Å². The minimum absolute atomic E-state index is 0.130. The van der Waals surface area contributed by atoms with Crippen LogP contribution in [0.15, 0.2) is 18.2 Å². The molecule has 0 bridgehead atoms. The maximum absolute atomic E-state index is 11.6. The number of ether oxygens (including phenoxy) is 4. The molecular formula is C16H22O5. The number of benzene rings is 1. The molecule has 1 aromatic rings. The van der Waals surface area contributed by atoms with E-state index >= 15 is 0 Å². The number of aryl methyl sites for hydroxylation is 1. The van der Waals surface area contributed by atoms with Gasteiger partial charge in [-0.2, -0.15) is 0 Å². The number of carbonyl (C=O) groups excluding carboxylic acids is 1. The highest BCUT2D eigenvalue weighted by molar-refractivity contribution is 5.92. The Balaban J connectivity index is 3.20. The van der Waals surface area contributed by atoms with E-state index in [1.165, 1.54) is 6.08 Å². The van der Waals surface area contributed by atoms with E-state index in [-0.39, 0.29) is 12.8 Å². The number of methoxy groups -OCH3 is 2. The molecule has 0 spiro atoms. The molecule has 21 heavy (non-hydrogen) atoms. The number of hydrogen-bond donors (Lipinski definition) is 0. The maximum atomic E-state index is 11.6. The monoisotopic (exact) mass is 294 g/mol. The molecule has 0 saturated carbocycles. The van der Waals surface area contributed by atoms with Crippen molar-refractivity contribution in [1.29, 1.82) is 0 Å². The second-order valence-electron chi connectivity index (χ2n) is 4.45. The molecule has 0 aliphatic carbocycles. The third kappa shape index (κ3) is 4.79. The Hall–Kier alpha value is -2.01. The van der Waals surface area contributed by atoms with Crippen LogP contribution in [0.5, 0.6) is 11.5 Å². The Kier molecular flexibility index (Phi) is 6.75. The van der Waals surface area contributed by atoms with Crippen LogP contribution in [-0.2, 0) is 14.3 Å². The van der Waals surface area contributed by atoms with Crippen molar-refractivity contribution in [1.82, 2.24) is 0 Å². The molecule has 1 aromatic carbocycles. The smallest absolute Gasteiger partial charge is 0.331 e. The second kappa shape index (κ2) is 8.32. The van der Waals surface area contributed by atoms with Gasteiger partial charge in [0.1, 0.15) is 11.5 Å². The molecule has 0 amide bonds. The fraction of sp³-hybridized carbons (Fsp3) is 0.438. The zero-order chi connectivity index (χ0) is 15.8. The molecule has 0 aromatic heterocycles. The molecule has 0 aliphatic rings. The number of hydrogen-bond acceptors (Lipinski definition) is 5. The van der Waals surface area contributed by atoms with Gasteiger partial charge >= 0.3 is 5.97 Å². The van der Waals surface area contributed by atoms with Gasteiger partial charge in [-0.1, -0.05) is 0 Å². The largest absolute Gasteiger partial charge is 0.496 e. The van der Waals surface area contributed by atoms with Crippen LogP contribution in [0.3, 0.4) is 0 Å². The lowest BCUT2D eigenvalue weighted by molar-refractivity contribution is -0.137. The summed E-state index contributed by atoms with van der Waals surface area (Å²) in [4.78, 5) is 11.6. The van der Waals surface area contributed by atoms with Gasteiger partial charge in [0.2, 0.25) is 0 Å². The van der Waals surface area contributed by atoms with Gasteiger partial charge in [0.05, 0.1) is 13.7 Å². The van der Waals surface area contributed by atoms with Crippen molar-refractivity contribution in [3.05, 3.63) is 29.3 Å². The Morgan fingerprint density at radius 1 is 1.24 bits per heavy atom. The quantitative estimate of drug-likeness (QED) is 0.439. The fourth-order valence-electron chi connectivity index (χ4n) is 1.87. The summed E-state index contributed by atoms with van der Waals surface area (Å²) >= 11 is 0. The predicted octanol–water partition coefficient (Wildman–Crippen LogP) is 2.95. The Bertz CT molecular complexity index is 520. The molecule has 1 rings (SSSR count). The number of carbonyl (C=O) groups is 1. The lowest BCUT2D eigenvalue weighted by atomic mass is 10.0. The molecule has 0 radical (unpaired) electrons. The van der Waals surface area contributed by atoms with Gasteiger partial charge in [-0.3, -0.25) is 0 Å². The van der Waals surface area contributed by atoms with Gasteiger partial charge in [0, 0.05) is 18.7 Å². The molecule has 0 saturated heterocycles. The van der Waals surface area contributed by atoms with Crippen LogP contribution >= 0.6 is 0 Å². The van der Waals surface area contributed by atoms with Crippen molar-refractivity contribution >= 4 is 11.5 Å². The van der Waals surface area contributed by atoms with Crippen LogP contribution in [0, 0.1) is 6.92 Å². The summed E-state index contributed by atoms with van der Waals surface area (Å²) in [7, 11) is 3.16. The van der Waals surface area contributed by atoms with E-state index in [1.807, 2.05) is 26.0 Å². The predicted molar refractivity (Wildman–Crippen MR) is 80.5 cm³/mol. The van der Waals surface area contributed by atoms with Gasteiger partial charge in [-0.25, -0.2) is 4.79 Å². The van der Waals surface area contributed by atoms with Crippen LogP contribution in [0.1, 0.15) is 25.0 Å². The van der Waals surface area contributed by atoms with Crippen molar-refractivity contribution < 1.29 is 23.7 Å². The first kappa shape index (κ1) is 17.0. The minimum Gasteiger partial charge on any atom is -0.496 e. The Morgan fingerprint density at radius 2 is 1.95 bits per heavy atom. The van der Waals surface area contributed by atoms with Crippen molar-refractivity contribution in [2.24, 2.45) is 0 Å². The second-order valence-corrected chi connectivity index (χ2v) is 4.45. The van der Waals surface area contributed by atoms with Gasteiger partial charge in [-0.05, 0) is 44.0 Å². The molecule has 0 aliphatic heterocycles. The van der Waals surface area contributed by atoms with E-state index in [0.29, 0.717) is 12.4 Å². The zero-order valence-electron chi connectivity index (χ0n) is 13.2. The van der Waals surface area contributed by atoms with E-state index in [2.05, 4.69) is 0 Å². The van der Waals surface area contributed by atoms with Crippen LogP contribution in [0.4, 0.5) is 0 Å². The van der Waals surface area contributed by atoms with Crippen molar-refractivity contribution in [3.8, 4) is 11.5 Å². The minimum atomic E-state index is -0.382. The number of esters is 1. The SMILES string of the molecule is CCOC(=O)/C=C(/C)c1cc(OC)c(C)cc1OCOC. The third-order valence-corrected chi connectivity index (χ3v) is 2.88. The number of rotatable bonds is 7. The summed E-state index contributed by atoms with van der Waals surface area (Å²) < 4.78 is 20.7. The molecule has 5 heteroatoms. The topological polar surface area (TPSA) is 54.0 Å². The Morgan fingerprint density at radius 3 is 2.52 bits per heavy atom. The van der Waals surface area contributed by atoms with Crippen LogP contribution in [-0.4, -0.2) is 33.6 Å². The molecule has 0 heterocycles. The van der Waals surface area contributed by atoms with E-state index in [1.54, 1.807) is 21.1 Å². The lowest BCUT2D eigenvalue weighted by Gasteiger charge is -2.15. The van der Waals surface area contributed by atoms with Gasteiger partial charge < -0.3 is 18.9 Å². The summed E-state index contributed by atoms with van der Waals surface area (Å²) in [6, 6.07) is 3.70. The lowest BCUT2D eigenvalue weighted by Crippen LogP contribution is -2.04. The van der Waals surface area contributed by atoms with Gasteiger partial charge in [0.15, 0.2) is 6.79 Å². The molecule has 0 unspecified atom stereocenters. The number of allylic oxidation sites excluding steroid dienone is 1. The van der Waals surface area contributed by atoms with E-state index in [9.17, 15) is 4.79 Å². The summed E-state index contributed by atoms with van der Waals surface area (Å²) in [5.74, 6) is 0.979. The first-order valence-electron chi connectivity index (χ1n) is 6.69. The highest BCUT2D eigenvalue weighted by Crippen LogP contribution is 2.33. The first-order valence-corrected chi connectivity index (χ1v) is 6.69. The van der Waals surface area contributed by atoms with Gasteiger partial charge in [-0.15, -0.1) is 0 Å². The van der Waals surface area contributed by atoms with E-state index in [4.69, 9.17) is 18.9 Å². The van der Waals surface area contributed by atoms with Crippen molar-refractivity contribution in [2.45, 2.75) is 20.8 Å². The first-order chi connectivity index (χ1) is 10.0. The Labute approximate surface area is 125 Å². The zero-order valence-corrected chi connectivity index (χ0v) is 13.2. The maximum Gasteiger partial charge on any atom is 0.331 e. The van der Waals surface area contributed by atoms with E-state index in [0.717, 1.165) is 22.4 Å². The highest BCUT2D eigenvalue weighted by atomic mass is 16.7. The average molecular weight is 294 g/mol. The van der Waals surface area contributed by atoms with Crippen LogP contribution in [0.2, 0.25) is 0 Å². The van der Waals surface area contributed by atoms with Crippen molar-refractivity contribution in [3.63, 3.8) is 0 Å². The molecule has 116 valence electrons. The highest BCUT2D eigenvalue weighted by Gasteiger charge is 2.12. The standard InChI is InChI=1S/C16H22O5/c1-6-20-16(17)8-11(2)13-9-14(19-5)12(3)7-15(13)21-10-18-4/h7-9H,6,10H2,1-5H3/b11-8-. The average Bonchev–Trinajstić information content (AvgIpc) is 2.45. The summed E-state index contributed by atoms with van der Waals surface area (Å²) in [6.45, 7) is 5.98. The van der Waals surface area contributed by atoms with Crippen molar-refractivity contribution in [2.75, 3.05) is 27.6 Å². The van der Waals surface area contributed by atoms with Crippen LogP contribution < -0.4 is 9.47 Å². The molecule has 0 N–H and O–H groups in total. The van der Waals surface area contributed by atoms with E-state index < -0.39 is 0 Å². The fourth-order valence-corrected chi connectivity index (χ4v) is 1.87. The summed E-state index contributed by atoms with van der Waals surface area (Å²) in [6.07, 6.45) is 1.44. The molecule has 0 atom stereocenters. The molecular weight excluding hydrogens is 272 g/mol. The summed E-state index contributed by atoms with van der Waals surface area (Å²) in [5.41, 5.74) is 2.44.